The number of nitrogen functional groups attached to an aromatic ring is 2. The minimum Gasteiger partial charge on any atom is -0.399 e. The lowest BCUT2D eigenvalue weighted by molar-refractivity contribution is 1.31. The van der Waals surface area contributed by atoms with Gasteiger partial charge in [-0.05, 0) is 59.2 Å². The summed E-state index contributed by atoms with van der Waals surface area (Å²) in [5.41, 5.74) is 19.4. The van der Waals surface area contributed by atoms with E-state index in [0.717, 1.165) is 44.9 Å². The zero-order valence-corrected chi connectivity index (χ0v) is 19.6. The Morgan fingerprint density at radius 3 is 1.62 bits per heavy atom. The SMILES string of the molecule is Br.Br.Cl.Nc1ccc(-c2nccc(-c3ccncc3)c2-c2ccc(N)cc2)cc1. The molecule has 0 saturated heterocycles. The molecule has 2 heterocycles. The van der Waals surface area contributed by atoms with Crippen LogP contribution in [0.3, 0.4) is 0 Å². The summed E-state index contributed by atoms with van der Waals surface area (Å²) in [5, 5.41) is 0. The van der Waals surface area contributed by atoms with E-state index < -0.39 is 0 Å². The first-order valence-electron chi connectivity index (χ1n) is 8.33. The third kappa shape index (κ3) is 5.35. The van der Waals surface area contributed by atoms with Crippen molar-refractivity contribution in [1.29, 1.82) is 0 Å². The van der Waals surface area contributed by atoms with Gasteiger partial charge in [0.1, 0.15) is 0 Å². The Bertz CT molecular complexity index is 1040. The van der Waals surface area contributed by atoms with Gasteiger partial charge in [-0.2, -0.15) is 0 Å². The third-order valence-corrected chi connectivity index (χ3v) is 4.33. The molecule has 4 N–H and O–H groups in total. The highest BCUT2D eigenvalue weighted by Gasteiger charge is 2.15. The van der Waals surface area contributed by atoms with E-state index in [1.165, 1.54) is 0 Å². The number of hydrogen-bond donors (Lipinski definition) is 2. The highest BCUT2D eigenvalue weighted by atomic mass is 79.9. The Morgan fingerprint density at radius 1 is 0.552 bits per heavy atom. The van der Waals surface area contributed by atoms with Gasteiger partial charge in [-0.3, -0.25) is 9.97 Å². The molecule has 4 nitrogen and oxygen atoms in total. The number of rotatable bonds is 3. The maximum atomic E-state index is 5.88. The molecule has 0 aliphatic carbocycles. The molecule has 0 radical (unpaired) electrons. The summed E-state index contributed by atoms with van der Waals surface area (Å²) in [7, 11) is 0. The Kier molecular flexibility index (Phi) is 9.30. The minimum atomic E-state index is 0. The summed E-state index contributed by atoms with van der Waals surface area (Å²) in [6.07, 6.45) is 5.43. The molecule has 0 bridgehead atoms. The minimum absolute atomic E-state index is 0. The Balaban J connectivity index is 0.00000140. The van der Waals surface area contributed by atoms with Gasteiger partial charge in [0.2, 0.25) is 0 Å². The Morgan fingerprint density at radius 2 is 1.07 bits per heavy atom. The van der Waals surface area contributed by atoms with Crippen LogP contribution in [-0.4, -0.2) is 9.97 Å². The summed E-state index contributed by atoms with van der Waals surface area (Å²) in [5.74, 6) is 0. The number of anilines is 2. The van der Waals surface area contributed by atoms with Gasteiger partial charge in [0.05, 0.1) is 5.69 Å². The third-order valence-electron chi connectivity index (χ3n) is 4.33. The van der Waals surface area contributed by atoms with Crippen LogP contribution in [0.1, 0.15) is 0 Å². The van der Waals surface area contributed by atoms with Crippen LogP contribution in [0.25, 0.3) is 33.5 Å². The van der Waals surface area contributed by atoms with Crippen LogP contribution in [0.5, 0.6) is 0 Å². The van der Waals surface area contributed by atoms with Gasteiger partial charge in [-0.25, -0.2) is 0 Å². The van der Waals surface area contributed by atoms with Crippen LogP contribution < -0.4 is 11.5 Å². The van der Waals surface area contributed by atoms with E-state index >= 15 is 0 Å². The van der Waals surface area contributed by atoms with E-state index in [1.54, 1.807) is 12.4 Å². The van der Waals surface area contributed by atoms with E-state index in [4.69, 9.17) is 11.5 Å². The topological polar surface area (TPSA) is 77.8 Å². The molecule has 0 unspecified atom stereocenters. The van der Waals surface area contributed by atoms with Crippen LogP contribution in [-0.2, 0) is 0 Å². The largest absolute Gasteiger partial charge is 0.399 e. The van der Waals surface area contributed by atoms with E-state index in [-0.39, 0.29) is 46.4 Å². The monoisotopic (exact) mass is 534 g/mol. The molecule has 2 aromatic carbocycles. The maximum Gasteiger partial charge on any atom is 0.0786 e. The summed E-state index contributed by atoms with van der Waals surface area (Å²) in [6, 6.07) is 21.7. The molecule has 4 rings (SSSR count). The fraction of sp³-hybridized carbons (Fsp3) is 0. The van der Waals surface area contributed by atoms with Crippen molar-refractivity contribution in [3.05, 3.63) is 85.3 Å². The number of pyridine rings is 2. The highest BCUT2D eigenvalue weighted by Crippen LogP contribution is 2.38. The Labute approximate surface area is 197 Å². The standard InChI is InChI=1S/C22H18N4.2BrH.ClH/c23-18-5-1-16(2-6-18)21-20(15-9-12-25-13-10-15)11-14-26-22(21)17-3-7-19(24)8-4-17;;;/h1-14H,23-24H2;3*1H. The lowest BCUT2D eigenvalue weighted by Crippen LogP contribution is -1.94. The van der Waals surface area contributed by atoms with Crippen molar-refractivity contribution in [3.8, 4) is 33.5 Å². The van der Waals surface area contributed by atoms with E-state index in [0.29, 0.717) is 0 Å². The van der Waals surface area contributed by atoms with E-state index in [9.17, 15) is 0 Å². The van der Waals surface area contributed by atoms with Crippen molar-refractivity contribution in [2.45, 2.75) is 0 Å². The molecule has 150 valence electrons. The first kappa shape index (κ1) is 24.6. The molecule has 0 amide bonds. The van der Waals surface area contributed by atoms with E-state index in [2.05, 4.69) is 9.97 Å². The van der Waals surface area contributed by atoms with Crippen molar-refractivity contribution >= 4 is 57.7 Å². The zero-order chi connectivity index (χ0) is 17.9. The first-order chi connectivity index (χ1) is 12.7. The highest BCUT2D eigenvalue weighted by molar-refractivity contribution is 8.93. The second kappa shape index (κ2) is 11.0. The second-order valence-corrected chi connectivity index (χ2v) is 6.06. The summed E-state index contributed by atoms with van der Waals surface area (Å²) >= 11 is 0. The van der Waals surface area contributed by atoms with Gasteiger partial charge in [0.15, 0.2) is 0 Å². The van der Waals surface area contributed by atoms with Gasteiger partial charge in [0.25, 0.3) is 0 Å². The number of nitrogens with zero attached hydrogens (tertiary/aromatic N) is 2. The molecule has 2 aromatic heterocycles. The molecule has 0 fully saturated rings. The number of halogens is 3. The average Bonchev–Trinajstić information content (AvgIpc) is 2.69. The lowest BCUT2D eigenvalue weighted by Gasteiger charge is -2.15. The van der Waals surface area contributed by atoms with Crippen LogP contribution in [0.4, 0.5) is 11.4 Å². The molecule has 0 saturated carbocycles. The van der Waals surface area contributed by atoms with Crippen molar-refractivity contribution in [2.75, 3.05) is 11.5 Å². The predicted octanol–water partition coefficient (Wildman–Crippen LogP) is 6.22. The first-order valence-corrected chi connectivity index (χ1v) is 8.33. The molecule has 0 spiro atoms. The number of nitrogens with two attached hydrogens (primary N) is 2. The smallest absolute Gasteiger partial charge is 0.0786 e. The van der Waals surface area contributed by atoms with Gasteiger partial charge < -0.3 is 11.5 Å². The normalized spacial score (nSPS) is 9.52. The van der Waals surface area contributed by atoms with Crippen molar-refractivity contribution in [3.63, 3.8) is 0 Å². The zero-order valence-electron chi connectivity index (χ0n) is 15.4. The maximum absolute atomic E-state index is 5.88. The Hall–Kier alpha value is -2.41. The van der Waals surface area contributed by atoms with Crippen LogP contribution in [0.15, 0.2) is 85.3 Å². The molecule has 29 heavy (non-hydrogen) atoms. The van der Waals surface area contributed by atoms with Crippen LogP contribution >= 0.6 is 46.4 Å². The molecular formula is C22H21Br2ClN4. The van der Waals surface area contributed by atoms with Gasteiger partial charge in [0, 0.05) is 41.1 Å². The molecule has 7 heteroatoms. The predicted molar refractivity (Wildman–Crippen MR) is 135 cm³/mol. The van der Waals surface area contributed by atoms with Gasteiger partial charge in [-0.1, -0.05) is 24.3 Å². The van der Waals surface area contributed by atoms with Gasteiger partial charge >= 0.3 is 0 Å². The van der Waals surface area contributed by atoms with E-state index in [1.807, 2.05) is 72.9 Å². The van der Waals surface area contributed by atoms with Crippen molar-refractivity contribution in [1.82, 2.24) is 9.97 Å². The summed E-state index contributed by atoms with van der Waals surface area (Å²) < 4.78 is 0. The molecule has 0 atom stereocenters. The van der Waals surface area contributed by atoms with Crippen molar-refractivity contribution in [2.24, 2.45) is 0 Å². The van der Waals surface area contributed by atoms with Crippen LogP contribution in [0, 0.1) is 0 Å². The fourth-order valence-electron chi connectivity index (χ4n) is 3.04. The summed E-state index contributed by atoms with van der Waals surface area (Å²) in [4.78, 5) is 8.81. The second-order valence-electron chi connectivity index (χ2n) is 6.06. The number of hydrogen-bond acceptors (Lipinski definition) is 4. The molecular weight excluding hydrogens is 516 g/mol. The van der Waals surface area contributed by atoms with Gasteiger partial charge in [-0.15, -0.1) is 46.4 Å². The molecule has 0 aliphatic rings. The number of benzene rings is 2. The number of aromatic nitrogens is 2. The average molecular weight is 537 g/mol. The molecule has 0 aliphatic heterocycles. The quantitative estimate of drug-likeness (QED) is 0.305. The van der Waals surface area contributed by atoms with Crippen LogP contribution in [0.2, 0.25) is 0 Å². The fourth-order valence-corrected chi connectivity index (χ4v) is 3.04. The van der Waals surface area contributed by atoms with Crippen molar-refractivity contribution < 1.29 is 0 Å². The molecule has 4 aromatic rings. The lowest BCUT2D eigenvalue weighted by atomic mass is 9.91. The summed E-state index contributed by atoms with van der Waals surface area (Å²) in [6.45, 7) is 0.